The Morgan fingerprint density at radius 3 is 2.40 bits per heavy atom. The van der Waals surface area contributed by atoms with Crippen molar-refractivity contribution in [3.63, 3.8) is 0 Å². The minimum Gasteiger partial charge on any atom is -0.444 e. The van der Waals surface area contributed by atoms with E-state index >= 15 is 0 Å². The molecule has 1 amide bonds. The van der Waals surface area contributed by atoms with Gasteiger partial charge in [0, 0.05) is 30.5 Å². The average molecular weight is 475 g/mol. The third-order valence-corrected chi connectivity index (χ3v) is 5.65. The monoisotopic (exact) mass is 474 g/mol. The lowest BCUT2D eigenvalue weighted by molar-refractivity contribution is -0.00745. The maximum Gasteiger partial charge on any atom is 0.410 e. The summed E-state index contributed by atoms with van der Waals surface area (Å²) in [5, 5.41) is 3.47. The first-order chi connectivity index (χ1) is 14.2. The molecule has 3 rings (SSSR count). The Balaban J connectivity index is 1.83. The molecule has 1 aromatic carbocycles. The number of nitrogens with zero attached hydrogens (tertiary/aromatic N) is 3. The maximum absolute atomic E-state index is 13.1. The van der Waals surface area contributed by atoms with Crippen molar-refractivity contribution in [3.8, 4) is 0 Å². The molecule has 0 radical (unpaired) electrons. The van der Waals surface area contributed by atoms with E-state index in [2.05, 4.69) is 50.3 Å². The zero-order chi connectivity index (χ0) is 21.7. The molecule has 3 atom stereocenters. The molecule has 2 heterocycles. The molecule has 0 aliphatic carbocycles. The van der Waals surface area contributed by atoms with Crippen LogP contribution in [0.5, 0.6) is 0 Å². The highest BCUT2D eigenvalue weighted by Crippen LogP contribution is 2.31. The van der Waals surface area contributed by atoms with Crippen LogP contribution in [0.1, 0.15) is 52.5 Å². The number of piperidine rings is 1. The Kier molecular flexibility index (Phi) is 7.34. The third-order valence-electron chi connectivity index (χ3n) is 5.24. The van der Waals surface area contributed by atoms with Crippen LogP contribution < -0.4 is 5.32 Å². The zero-order valence-corrected chi connectivity index (χ0v) is 19.7. The number of carbonyl (C=O) groups is 1. The molecular formula is C23H31BrN4O2. The number of rotatable bonds is 5. The normalized spacial score (nSPS) is 21.9. The van der Waals surface area contributed by atoms with Crippen LogP contribution in [0, 0.1) is 0 Å². The van der Waals surface area contributed by atoms with Crippen molar-refractivity contribution in [2.24, 2.45) is 0 Å². The Morgan fingerprint density at radius 2 is 1.80 bits per heavy atom. The summed E-state index contributed by atoms with van der Waals surface area (Å²) in [6, 6.07) is 10.6. The van der Waals surface area contributed by atoms with Crippen LogP contribution in [0.25, 0.3) is 0 Å². The first-order valence-electron chi connectivity index (χ1n) is 10.5. The van der Waals surface area contributed by atoms with Gasteiger partial charge in [-0.05, 0) is 67.9 Å². The Morgan fingerprint density at radius 1 is 1.17 bits per heavy atom. The van der Waals surface area contributed by atoms with Gasteiger partial charge in [-0.3, -0.25) is 0 Å². The lowest BCUT2D eigenvalue weighted by atomic mass is 9.87. The van der Waals surface area contributed by atoms with Crippen LogP contribution in [0.4, 0.5) is 10.7 Å². The van der Waals surface area contributed by atoms with Gasteiger partial charge in [-0.2, -0.15) is 0 Å². The lowest BCUT2D eigenvalue weighted by Gasteiger charge is -2.45. The van der Waals surface area contributed by atoms with Crippen LogP contribution in [-0.2, 0) is 11.2 Å². The molecule has 7 heteroatoms. The van der Waals surface area contributed by atoms with Crippen LogP contribution in [-0.4, -0.2) is 44.7 Å². The number of ether oxygens (including phenoxy) is 1. The molecule has 1 aromatic heterocycles. The predicted molar refractivity (Wildman–Crippen MR) is 122 cm³/mol. The van der Waals surface area contributed by atoms with E-state index < -0.39 is 5.60 Å². The number of carbonyl (C=O) groups excluding carboxylic acids is 1. The van der Waals surface area contributed by atoms with E-state index in [4.69, 9.17) is 4.74 Å². The number of hydrogen-bond donors (Lipinski definition) is 1. The Labute approximate surface area is 187 Å². The molecule has 30 heavy (non-hydrogen) atoms. The van der Waals surface area contributed by atoms with Crippen molar-refractivity contribution >= 4 is 28.0 Å². The second kappa shape index (κ2) is 9.77. The van der Waals surface area contributed by atoms with Gasteiger partial charge in [-0.1, -0.05) is 37.3 Å². The SMILES string of the molecule is CC[C@@H]1C[C@H](Nc2ncc(Br)cn2)C[C@H](Cc2ccccc2)N1C(=O)OC(C)(C)C. The smallest absolute Gasteiger partial charge is 0.410 e. The van der Waals surface area contributed by atoms with E-state index in [1.807, 2.05) is 43.9 Å². The molecular weight excluding hydrogens is 444 g/mol. The van der Waals surface area contributed by atoms with Crippen LogP contribution >= 0.6 is 15.9 Å². The number of aromatic nitrogens is 2. The van der Waals surface area contributed by atoms with Crippen LogP contribution in [0.15, 0.2) is 47.2 Å². The van der Waals surface area contributed by atoms with Gasteiger partial charge in [0.05, 0.1) is 4.47 Å². The largest absolute Gasteiger partial charge is 0.444 e. The summed E-state index contributed by atoms with van der Waals surface area (Å²) in [4.78, 5) is 23.8. The summed E-state index contributed by atoms with van der Waals surface area (Å²) in [7, 11) is 0. The third kappa shape index (κ3) is 6.17. The predicted octanol–water partition coefficient (Wildman–Crippen LogP) is 5.44. The average Bonchev–Trinajstić information content (AvgIpc) is 2.68. The highest BCUT2D eigenvalue weighted by Gasteiger charge is 2.40. The van der Waals surface area contributed by atoms with Crippen LogP contribution in [0.3, 0.4) is 0 Å². The Hall–Kier alpha value is -2.15. The maximum atomic E-state index is 13.1. The molecule has 1 saturated heterocycles. The fourth-order valence-corrected chi connectivity index (χ4v) is 4.21. The Bertz CT molecular complexity index is 823. The van der Waals surface area contributed by atoms with Crippen LogP contribution in [0.2, 0.25) is 0 Å². The quantitative estimate of drug-likeness (QED) is 0.624. The van der Waals surface area contributed by atoms with Crippen molar-refractivity contribution in [2.45, 2.75) is 77.1 Å². The van der Waals surface area contributed by atoms with E-state index in [0.717, 1.165) is 30.2 Å². The lowest BCUT2D eigenvalue weighted by Crippen LogP contribution is -2.56. The summed E-state index contributed by atoms with van der Waals surface area (Å²) >= 11 is 3.37. The fourth-order valence-electron chi connectivity index (χ4n) is 4.01. The highest BCUT2D eigenvalue weighted by atomic mass is 79.9. The number of amides is 1. The van der Waals surface area contributed by atoms with Crippen molar-refractivity contribution < 1.29 is 9.53 Å². The number of halogens is 1. The van der Waals surface area contributed by atoms with E-state index in [-0.39, 0.29) is 24.2 Å². The van der Waals surface area contributed by atoms with Gasteiger partial charge in [0.25, 0.3) is 0 Å². The minimum atomic E-state index is -0.521. The van der Waals surface area contributed by atoms with E-state index in [0.29, 0.717) is 5.95 Å². The second-order valence-electron chi connectivity index (χ2n) is 8.83. The van der Waals surface area contributed by atoms with Crippen molar-refractivity contribution in [1.82, 2.24) is 14.9 Å². The van der Waals surface area contributed by atoms with Crippen molar-refractivity contribution in [3.05, 3.63) is 52.8 Å². The van der Waals surface area contributed by atoms with Gasteiger partial charge in [-0.25, -0.2) is 14.8 Å². The standard InChI is InChI=1S/C23H31BrN4O2/c1-5-19-12-18(27-21-25-14-17(24)15-26-21)13-20(11-16-9-7-6-8-10-16)28(19)22(29)30-23(2,3)4/h6-10,14-15,18-20H,5,11-13H2,1-4H3,(H,25,26,27)/t18-,19+,20-/m0/s1. The topological polar surface area (TPSA) is 67.4 Å². The number of likely N-dealkylation sites (tertiary alicyclic amines) is 1. The summed E-state index contributed by atoms with van der Waals surface area (Å²) in [6.45, 7) is 7.87. The molecule has 0 saturated carbocycles. The highest BCUT2D eigenvalue weighted by molar-refractivity contribution is 9.10. The van der Waals surface area contributed by atoms with Gasteiger partial charge >= 0.3 is 6.09 Å². The fraction of sp³-hybridized carbons (Fsp3) is 0.522. The molecule has 0 spiro atoms. The zero-order valence-electron chi connectivity index (χ0n) is 18.1. The molecule has 1 fully saturated rings. The molecule has 0 unspecified atom stereocenters. The van der Waals surface area contributed by atoms with E-state index in [1.54, 1.807) is 12.4 Å². The van der Waals surface area contributed by atoms with Crippen molar-refractivity contribution in [1.29, 1.82) is 0 Å². The van der Waals surface area contributed by atoms with Gasteiger partial charge in [0.2, 0.25) is 5.95 Å². The van der Waals surface area contributed by atoms with Gasteiger partial charge in [0.1, 0.15) is 5.60 Å². The summed E-state index contributed by atoms with van der Waals surface area (Å²) in [5.41, 5.74) is 0.694. The second-order valence-corrected chi connectivity index (χ2v) is 9.75. The summed E-state index contributed by atoms with van der Waals surface area (Å²) in [5.74, 6) is 0.613. The molecule has 1 N–H and O–H groups in total. The minimum absolute atomic E-state index is 0.0360. The number of hydrogen-bond acceptors (Lipinski definition) is 5. The van der Waals surface area contributed by atoms with Gasteiger partial charge < -0.3 is 15.0 Å². The van der Waals surface area contributed by atoms with Gasteiger partial charge in [0.15, 0.2) is 0 Å². The van der Waals surface area contributed by atoms with Crippen molar-refractivity contribution in [2.75, 3.05) is 5.32 Å². The first-order valence-corrected chi connectivity index (χ1v) is 11.3. The van der Waals surface area contributed by atoms with E-state index in [9.17, 15) is 4.79 Å². The molecule has 6 nitrogen and oxygen atoms in total. The summed E-state index contributed by atoms with van der Waals surface area (Å²) in [6.07, 6.45) is 6.55. The molecule has 0 bridgehead atoms. The van der Waals surface area contributed by atoms with Gasteiger partial charge in [-0.15, -0.1) is 0 Å². The number of anilines is 1. The molecule has 1 aliphatic rings. The van der Waals surface area contributed by atoms with E-state index in [1.165, 1.54) is 5.56 Å². The summed E-state index contributed by atoms with van der Waals surface area (Å²) < 4.78 is 6.63. The number of benzene rings is 1. The molecule has 162 valence electrons. The number of nitrogens with one attached hydrogen (secondary N) is 1. The first kappa shape index (κ1) is 22.5. The molecule has 2 aromatic rings. The molecule has 1 aliphatic heterocycles.